The number of rotatable bonds is 4. The Kier molecular flexibility index (Phi) is 6.61. The molecular formula is C50H29N5. The standard InChI is InChI=1S/C50H29N5/c51-30-34-13-10-19-41-39-17-4-8-24-47(39)55(49(34)41)43-27-26-33(28-35(43)31-52)32-12-9-14-36(29-32)53-44-21-5-3-18-40(44)42-20-11-25-48(50(42)53)54-45-22-6-1-15-37(45)38-16-2-7-23-46(38)54/h1-29H. The fourth-order valence-corrected chi connectivity index (χ4v) is 8.81. The van der Waals surface area contributed by atoms with Crippen LogP contribution in [0, 0.1) is 22.7 Å². The maximum Gasteiger partial charge on any atom is 0.101 e. The number of nitriles is 2. The van der Waals surface area contributed by atoms with E-state index in [4.69, 9.17) is 0 Å². The van der Waals surface area contributed by atoms with Crippen molar-refractivity contribution in [2.45, 2.75) is 0 Å². The molecule has 0 saturated heterocycles. The summed E-state index contributed by atoms with van der Waals surface area (Å²) < 4.78 is 6.85. The lowest BCUT2D eigenvalue weighted by Crippen LogP contribution is -2.01. The molecule has 11 rings (SSSR count). The first-order valence-corrected chi connectivity index (χ1v) is 18.3. The number of para-hydroxylation sites is 6. The van der Waals surface area contributed by atoms with Crippen molar-refractivity contribution in [1.82, 2.24) is 13.7 Å². The Labute approximate surface area is 316 Å². The van der Waals surface area contributed by atoms with E-state index < -0.39 is 0 Å². The molecular weight excluding hydrogens is 671 g/mol. The summed E-state index contributed by atoms with van der Waals surface area (Å²) in [6, 6.07) is 66.0. The molecule has 0 bridgehead atoms. The minimum Gasteiger partial charge on any atom is -0.307 e. The molecule has 0 fully saturated rings. The van der Waals surface area contributed by atoms with E-state index in [9.17, 15) is 10.5 Å². The molecule has 11 aromatic rings. The third kappa shape index (κ3) is 4.39. The largest absolute Gasteiger partial charge is 0.307 e. The molecule has 0 spiro atoms. The van der Waals surface area contributed by atoms with Crippen LogP contribution in [0.5, 0.6) is 0 Å². The third-order valence-corrected chi connectivity index (χ3v) is 11.1. The summed E-state index contributed by atoms with van der Waals surface area (Å²) in [5, 5.41) is 27.6. The van der Waals surface area contributed by atoms with E-state index in [2.05, 4.69) is 153 Å². The van der Waals surface area contributed by atoms with Gasteiger partial charge >= 0.3 is 0 Å². The van der Waals surface area contributed by atoms with Gasteiger partial charge in [0.05, 0.1) is 55.6 Å². The predicted molar refractivity (Wildman–Crippen MR) is 224 cm³/mol. The first-order valence-electron chi connectivity index (χ1n) is 18.3. The predicted octanol–water partition coefficient (Wildman–Crippen LogP) is 12.4. The lowest BCUT2D eigenvalue weighted by atomic mass is 10.0. The second-order valence-corrected chi connectivity index (χ2v) is 14.0. The Hall–Kier alpha value is -7.86. The van der Waals surface area contributed by atoms with Crippen LogP contribution in [-0.2, 0) is 0 Å². The van der Waals surface area contributed by atoms with Crippen LogP contribution in [0.25, 0.3) is 93.6 Å². The third-order valence-electron chi connectivity index (χ3n) is 11.1. The molecule has 0 radical (unpaired) electrons. The van der Waals surface area contributed by atoms with E-state index in [0.717, 1.165) is 72.1 Å². The van der Waals surface area contributed by atoms with Gasteiger partial charge in [0, 0.05) is 38.0 Å². The Morgan fingerprint density at radius 3 is 1.45 bits per heavy atom. The number of nitrogens with zero attached hydrogens (tertiary/aromatic N) is 5. The molecule has 5 nitrogen and oxygen atoms in total. The van der Waals surface area contributed by atoms with E-state index in [1.807, 2.05) is 48.5 Å². The second-order valence-electron chi connectivity index (χ2n) is 14.0. The van der Waals surface area contributed by atoms with Crippen molar-refractivity contribution >= 4 is 65.4 Å². The number of aromatic nitrogens is 3. The number of hydrogen-bond acceptors (Lipinski definition) is 2. The van der Waals surface area contributed by atoms with E-state index in [1.165, 1.54) is 21.5 Å². The average Bonchev–Trinajstić information content (AvgIpc) is 3.89. The monoisotopic (exact) mass is 699 g/mol. The van der Waals surface area contributed by atoms with Gasteiger partial charge in [0.25, 0.3) is 0 Å². The van der Waals surface area contributed by atoms with Crippen LogP contribution in [0.3, 0.4) is 0 Å². The normalized spacial score (nSPS) is 11.6. The highest BCUT2D eigenvalue weighted by molar-refractivity contribution is 6.15. The summed E-state index contributed by atoms with van der Waals surface area (Å²) in [5.74, 6) is 0. The molecule has 0 aliphatic heterocycles. The molecule has 0 aliphatic carbocycles. The SMILES string of the molecule is N#Cc1cc(-c2cccc(-n3c4ccccc4c4cccc(-n5c6ccccc6c6ccccc65)c43)c2)ccc1-n1c2ccccc2c2cccc(C#N)c21. The quantitative estimate of drug-likeness (QED) is 0.184. The molecule has 0 N–H and O–H groups in total. The maximum absolute atomic E-state index is 10.6. The molecule has 0 amide bonds. The molecule has 254 valence electrons. The number of fused-ring (bicyclic) bond motifs is 9. The van der Waals surface area contributed by atoms with Crippen molar-refractivity contribution in [3.05, 3.63) is 187 Å². The second kappa shape index (κ2) is 11.8. The van der Waals surface area contributed by atoms with Gasteiger partial charge in [0.2, 0.25) is 0 Å². The average molecular weight is 700 g/mol. The van der Waals surface area contributed by atoms with E-state index >= 15 is 0 Å². The highest BCUT2D eigenvalue weighted by atomic mass is 15.1. The molecule has 8 aromatic carbocycles. The smallest absolute Gasteiger partial charge is 0.101 e. The van der Waals surface area contributed by atoms with Gasteiger partial charge in [-0.2, -0.15) is 10.5 Å². The van der Waals surface area contributed by atoms with Crippen LogP contribution >= 0.6 is 0 Å². The van der Waals surface area contributed by atoms with E-state index in [1.54, 1.807) is 0 Å². The summed E-state index contributed by atoms with van der Waals surface area (Å²) in [6.07, 6.45) is 0. The lowest BCUT2D eigenvalue weighted by Gasteiger charge is -2.16. The molecule has 0 saturated carbocycles. The van der Waals surface area contributed by atoms with E-state index in [-0.39, 0.29) is 0 Å². The van der Waals surface area contributed by atoms with Gasteiger partial charge in [0.15, 0.2) is 0 Å². The van der Waals surface area contributed by atoms with Crippen molar-refractivity contribution < 1.29 is 0 Å². The molecule has 3 heterocycles. The number of benzene rings is 8. The Bertz CT molecular complexity index is 3420. The van der Waals surface area contributed by atoms with Crippen molar-refractivity contribution in [3.8, 4) is 40.3 Å². The van der Waals surface area contributed by atoms with Gasteiger partial charge in [-0.05, 0) is 71.8 Å². The zero-order valence-electron chi connectivity index (χ0n) is 29.5. The van der Waals surface area contributed by atoms with Crippen molar-refractivity contribution in [2.75, 3.05) is 0 Å². The lowest BCUT2D eigenvalue weighted by molar-refractivity contribution is 1.13. The van der Waals surface area contributed by atoms with Crippen molar-refractivity contribution in [1.29, 1.82) is 10.5 Å². The van der Waals surface area contributed by atoms with Gasteiger partial charge in [-0.3, -0.25) is 0 Å². The van der Waals surface area contributed by atoms with Gasteiger partial charge in [0.1, 0.15) is 12.1 Å². The van der Waals surface area contributed by atoms with Crippen LogP contribution in [-0.4, -0.2) is 13.7 Å². The first-order chi connectivity index (χ1) is 27.2. The van der Waals surface area contributed by atoms with Gasteiger partial charge in [-0.1, -0.05) is 115 Å². The molecule has 0 unspecified atom stereocenters. The molecule has 0 aliphatic rings. The Morgan fingerprint density at radius 1 is 0.327 bits per heavy atom. The van der Waals surface area contributed by atoms with Crippen LogP contribution in [0.15, 0.2) is 176 Å². The van der Waals surface area contributed by atoms with Gasteiger partial charge in [-0.15, -0.1) is 0 Å². The zero-order valence-corrected chi connectivity index (χ0v) is 29.5. The summed E-state index contributed by atoms with van der Waals surface area (Å²) in [4.78, 5) is 0. The maximum atomic E-state index is 10.6. The fourth-order valence-electron chi connectivity index (χ4n) is 8.81. The topological polar surface area (TPSA) is 62.4 Å². The zero-order chi connectivity index (χ0) is 36.6. The summed E-state index contributed by atoms with van der Waals surface area (Å²) in [5.41, 5.74) is 12.3. The molecule has 55 heavy (non-hydrogen) atoms. The van der Waals surface area contributed by atoms with Crippen molar-refractivity contribution in [3.63, 3.8) is 0 Å². The first kappa shape index (κ1) is 30.7. The highest BCUT2D eigenvalue weighted by Gasteiger charge is 2.21. The van der Waals surface area contributed by atoms with Gasteiger partial charge < -0.3 is 13.7 Å². The summed E-state index contributed by atoms with van der Waals surface area (Å²) in [7, 11) is 0. The molecule has 5 heteroatoms. The number of hydrogen-bond donors (Lipinski definition) is 0. The van der Waals surface area contributed by atoms with Crippen LogP contribution in [0.4, 0.5) is 0 Å². The molecule has 3 aromatic heterocycles. The van der Waals surface area contributed by atoms with Crippen LogP contribution in [0.2, 0.25) is 0 Å². The Balaban J connectivity index is 1.13. The minimum atomic E-state index is 0.531. The van der Waals surface area contributed by atoms with Gasteiger partial charge in [-0.25, -0.2) is 0 Å². The van der Waals surface area contributed by atoms with Crippen molar-refractivity contribution in [2.24, 2.45) is 0 Å². The highest BCUT2D eigenvalue weighted by Crippen LogP contribution is 2.41. The van der Waals surface area contributed by atoms with Crippen LogP contribution < -0.4 is 0 Å². The van der Waals surface area contributed by atoms with E-state index in [0.29, 0.717) is 11.1 Å². The fraction of sp³-hybridized carbons (Fsp3) is 0. The minimum absolute atomic E-state index is 0.531. The van der Waals surface area contributed by atoms with Crippen LogP contribution in [0.1, 0.15) is 11.1 Å². The Morgan fingerprint density at radius 2 is 0.818 bits per heavy atom. The molecule has 0 atom stereocenters. The summed E-state index contributed by atoms with van der Waals surface area (Å²) in [6.45, 7) is 0. The summed E-state index contributed by atoms with van der Waals surface area (Å²) >= 11 is 0.